The molecule has 0 spiro atoms. The van der Waals surface area contributed by atoms with Crippen LogP contribution in [-0.2, 0) is 4.79 Å². The first kappa shape index (κ1) is 13.2. The fraction of sp³-hybridized carbons (Fsp3) is 0.923. The molecule has 1 saturated heterocycles. The molecule has 0 aromatic carbocycles. The van der Waals surface area contributed by atoms with E-state index in [2.05, 4.69) is 17.1 Å². The molecule has 2 rings (SSSR count). The number of hydrogen-bond acceptors (Lipinski definition) is 3. The Morgan fingerprint density at radius 3 is 2.71 bits per heavy atom. The molecular formula is C13H23NO2S. The van der Waals surface area contributed by atoms with Crippen LogP contribution >= 0.6 is 11.8 Å². The van der Waals surface area contributed by atoms with E-state index in [0.29, 0.717) is 6.04 Å². The maximum absolute atomic E-state index is 11.0. The molecule has 3 nitrogen and oxygen atoms in total. The van der Waals surface area contributed by atoms with Crippen LogP contribution < -0.4 is 5.32 Å². The van der Waals surface area contributed by atoms with E-state index in [1.165, 1.54) is 24.3 Å². The van der Waals surface area contributed by atoms with E-state index in [0.717, 1.165) is 38.1 Å². The summed E-state index contributed by atoms with van der Waals surface area (Å²) in [6, 6.07) is 0.444. The Morgan fingerprint density at radius 2 is 2.00 bits per heavy atom. The molecule has 0 aromatic rings. The van der Waals surface area contributed by atoms with Gasteiger partial charge in [-0.2, -0.15) is 11.8 Å². The highest BCUT2D eigenvalue weighted by Gasteiger charge is 2.27. The van der Waals surface area contributed by atoms with Gasteiger partial charge in [0.25, 0.3) is 0 Å². The summed E-state index contributed by atoms with van der Waals surface area (Å²) < 4.78 is 0. The summed E-state index contributed by atoms with van der Waals surface area (Å²) in [7, 11) is 0. The van der Waals surface area contributed by atoms with Gasteiger partial charge in [-0.1, -0.05) is 6.42 Å². The Morgan fingerprint density at radius 1 is 1.24 bits per heavy atom. The molecule has 1 heterocycles. The minimum atomic E-state index is -0.606. The van der Waals surface area contributed by atoms with Gasteiger partial charge in [-0.25, -0.2) is 0 Å². The number of hydrogen-bond donors (Lipinski definition) is 2. The molecule has 1 aliphatic heterocycles. The van der Waals surface area contributed by atoms with Crippen molar-refractivity contribution in [1.82, 2.24) is 5.32 Å². The van der Waals surface area contributed by atoms with Gasteiger partial charge in [-0.05, 0) is 56.1 Å². The lowest BCUT2D eigenvalue weighted by Gasteiger charge is -2.30. The zero-order chi connectivity index (χ0) is 12.1. The van der Waals surface area contributed by atoms with Gasteiger partial charge < -0.3 is 10.4 Å². The van der Waals surface area contributed by atoms with Crippen LogP contribution in [0, 0.1) is 11.8 Å². The van der Waals surface area contributed by atoms with Gasteiger partial charge in [0.2, 0.25) is 0 Å². The van der Waals surface area contributed by atoms with Crippen LogP contribution in [0.25, 0.3) is 0 Å². The van der Waals surface area contributed by atoms with E-state index in [1.807, 2.05) is 0 Å². The summed E-state index contributed by atoms with van der Waals surface area (Å²) in [5.74, 6) is 2.71. The Hall–Kier alpha value is -0.220. The van der Waals surface area contributed by atoms with Crippen molar-refractivity contribution in [2.75, 3.05) is 18.1 Å². The zero-order valence-corrected chi connectivity index (χ0v) is 11.2. The Balaban J connectivity index is 1.69. The molecule has 1 saturated carbocycles. The largest absolute Gasteiger partial charge is 0.481 e. The lowest BCUT2D eigenvalue weighted by atomic mass is 9.85. The number of aliphatic carboxylic acids is 1. The minimum absolute atomic E-state index is 0.108. The molecule has 0 amide bonds. The van der Waals surface area contributed by atoms with Crippen LogP contribution in [0.2, 0.25) is 0 Å². The Bertz CT molecular complexity index is 254. The molecule has 0 radical (unpaired) electrons. The van der Waals surface area contributed by atoms with Crippen molar-refractivity contribution in [3.8, 4) is 0 Å². The predicted molar refractivity (Wildman–Crippen MR) is 71.4 cm³/mol. The highest BCUT2D eigenvalue weighted by Crippen LogP contribution is 2.26. The molecule has 17 heavy (non-hydrogen) atoms. The molecule has 0 aromatic heterocycles. The average molecular weight is 257 g/mol. The van der Waals surface area contributed by atoms with Crippen molar-refractivity contribution in [3.63, 3.8) is 0 Å². The summed E-state index contributed by atoms with van der Waals surface area (Å²) >= 11 is 2.06. The number of thioether (sulfide) groups is 1. The Labute approximate surface area is 108 Å². The highest BCUT2D eigenvalue weighted by molar-refractivity contribution is 7.99. The molecule has 1 aliphatic carbocycles. The zero-order valence-electron chi connectivity index (χ0n) is 10.4. The van der Waals surface area contributed by atoms with Crippen LogP contribution in [0.4, 0.5) is 0 Å². The van der Waals surface area contributed by atoms with Crippen molar-refractivity contribution in [1.29, 1.82) is 0 Å². The summed E-state index contributed by atoms with van der Waals surface area (Å²) in [5.41, 5.74) is 0. The van der Waals surface area contributed by atoms with Gasteiger partial charge >= 0.3 is 5.97 Å². The molecule has 0 bridgehead atoms. The van der Waals surface area contributed by atoms with Gasteiger partial charge in [0, 0.05) is 6.04 Å². The van der Waals surface area contributed by atoms with Crippen molar-refractivity contribution in [3.05, 3.63) is 0 Å². The lowest BCUT2D eigenvalue weighted by Crippen LogP contribution is -2.39. The summed E-state index contributed by atoms with van der Waals surface area (Å²) in [6.07, 6.45) is 6.57. The maximum atomic E-state index is 11.0. The molecule has 2 aliphatic rings. The van der Waals surface area contributed by atoms with Gasteiger partial charge in [-0.15, -0.1) is 0 Å². The number of carboxylic acid groups (broad SMARTS) is 1. The fourth-order valence-electron chi connectivity index (χ4n) is 2.88. The highest BCUT2D eigenvalue weighted by atomic mass is 32.2. The second kappa shape index (κ2) is 6.64. The van der Waals surface area contributed by atoms with Crippen molar-refractivity contribution in [2.24, 2.45) is 11.8 Å². The van der Waals surface area contributed by atoms with Gasteiger partial charge in [-0.3, -0.25) is 4.79 Å². The molecule has 4 heteroatoms. The van der Waals surface area contributed by atoms with Gasteiger partial charge in [0.05, 0.1) is 5.92 Å². The van der Waals surface area contributed by atoms with Crippen LogP contribution in [0.1, 0.15) is 38.5 Å². The van der Waals surface area contributed by atoms with Gasteiger partial charge in [0.15, 0.2) is 0 Å². The van der Waals surface area contributed by atoms with Crippen LogP contribution in [0.5, 0.6) is 0 Å². The van der Waals surface area contributed by atoms with Crippen molar-refractivity contribution in [2.45, 2.75) is 44.6 Å². The van der Waals surface area contributed by atoms with E-state index < -0.39 is 5.97 Å². The second-order valence-corrected chi connectivity index (χ2v) is 6.59. The van der Waals surface area contributed by atoms with E-state index in [9.17, 15) is 4.79 Å². The molecular weight excluding hydrogens is 234 g/mol. The Kier molecular flexibility index (Phi) is 5.16. The molecule has 2 unspecified atom stereocenters. The first-order valence-corrected chi connectivity index (χ1v) is 7.95. The summed E-state index contributed by atoms with van der Waals surface area (Å²) in [4.78, 5) is 11.0. The van der Waals surface area contributed by atoms with Crippen molar-refractivity contribution >= 4 is 17.7 Å². The van der Waals surface area contributed by atoms with Crippen LogP contribution in [-0.4, -0.2) is 35.2 Å². The van der Waals surface area contributed by atoms with E-state index in [4.69, 9.17) is 5.11 Å². The standard InChI is InChI=1S/C13H23NO2S/c15-13(16)11-2-1-3-12(8-11)14-9-10-4-6-17-7-5-10/h10-12,14H,1-9H2,(H,15,16). The first-order valence-electron chi connectivity index (χ1n) is 6.79. The second-order valence-electron chi connectivity index (χ2n) is 5.36. The third kappa shape index (κ3) is 4.18. The number of rotatable bonds is 4. The third-order valence-electron chi connectivity index (χ3n) is 4.06. The lowest BCUT2D eigenvalue weighted by molar-refractivity contribution is -0.143. The summed E-state index contributed by atoms with van der Waals surface area (Å²) in [6.45, 7) is 1.09. The number of carboxylic acids is 1. The first-order chi connectivity index (χ1) is 8.25. The monoisotopic (exact) mass is 257 g/mol. The molecule has 98 valence electrons. The predicted octanol–water partition coefficient (Wildman–Crippen LogP) is 2.36. The fourth-order valence-corrected chi connectivity index (χ4v) is 4.09. The smallest absolute Gasteiger partial charge is 0.306 e. The van der Waals surface area contributed by atoms with E-state index in [-0.39, 0.29) is 5.92 Å². The normalized spacial score (nSPS) is 31.3. The quantitative estimate of drug-likeness (QED) is 0.812. The van der Waals surface area contributed by atoms with Crippen LogP contribution in [0.3, 0.4) is 0 Å². The maximum Gasteiger partial charge on any atom is 0.306 e. The molecule has 2 N–H and O–H groups in total. The number of carbonyl (C=O) groups is 1. The third-order valence-corrected chi connectivity index (χ3v) is 5.11. The summed E-state index contributed by atoms with van der Waals surface area (Å²) in [5, 5.41) is 12.6. The van der Waals surface area contributed by atoms with E-state index in [1.54, 1.807) is 0 Å². The van der Waals surface area contributed by atoms with Crippen LogP contribution in [0.15, 0.2) is 0 Å². The minimum Gasteiger partial charge on any atom is -0.481 e. The number of nitrogens with one attached hydrogen (secondary N) is 1. The molecule has 2 fully saturated rings. The topological polar surface area (TPSA) is 49.3 Å². The van der Waals surface area contributed by atoms with Crippen molar-refractivity contribution < 1.29 is 9.90 Å². The van der Waals surface area contributed by atoms with Gasteiger partial charge in [0.1, 0.15) is 0 Å². The SMILES string of the molecule is O=C(O)C1CCCC(NCC2CCSCC2)C1. The average Bonchev–Trinajstić information content (AvgIpc) is 2.38. The van der Waals surface area contributed by atoms with E-state index >= 15 is 0 Å². The molecule has 2 atom stereocenters.